The van der Waals surface area contributed by atoms with Crippen molar-refractivity contribution in [3.63, 3.8) is 0 Å². The highest BCUT2D eigenvalue weighted by molar-refractivity contribution is 6.00. The van der Waals surface area contributed by atoms with Crippen LogP contribution >= 0.6 is 0 Å². The van der Waals surface area contributed by atoms with Gasteiger partial charge in [0.05, 0.1) is 0 Å². The fraction of sp³-hybridized carbons (Fsp3) is 0.0833. The van der Waals surface area contributed by atoms with E-state index in [1.807, 2.05) is 6.07 Å². The quantitative estimate of drug-likeness (QED) is 0.612. The van der Waals surface area contributed by atoms with Crippen molar-refractivity contribution < 1.29 is 9.53 Å². The van der Waals surface area contributed by atoms with E-state index >= 15 is 0 Å². The van der Waals surface area contributed by atoms with Gasteiger partial charge in [-0.2, -0.15) is 10.5 Å². The summed E-state index contributed by atoms with van der Waals surface area (Å²) >= 11 is 0. The molecule has 17 heavy (non-hydrogen) atoms. The Kier molecular flexibility index (Phi) is 4.29. The minimum absolute atomic E-state index is 0.108. The first kappa shape index (κ1) is 12.3. The van der Waals surface area contributed by atoms with Crippen molar-refractivity contribution in [2.45, 2.75) is 0 Å². The number of nitrogens with zero attached hydrogens (tertiary/aromatic N) is 2. The molecule has 1 aromatic carbocycles. The van der Waals surface area contributed by atoms with E-state index in [0.29, 0.717) is 11.3 Å². The molecule has 0 aromatic heterocycles. The molecule has 5 nitrogen and oxygen atoms in total. The van der Waals surface area contributed by atoms with Crippen LogP contribution < -0.4 is 10.5 Å². The van der Waals surface area contributed by atoms with Crippen LogP contribution in [0.25, 0.3) is 6.08 Å². The zero-order chi connectivity index (χ0) is 12.7. The molecule has 0 aliphatic heterocycles. The Morgan fingerprint density at radius 2 is 2.12 bits per heavy atom. The van der Waals surface area contributed by atoms with Crippen molar-refractivity contribution >= 4 is 12.0 Å². The van der Waals surface area contributed by atoms with Crippen molar-refractivity contribution in [2.75, 3.05) is 6.61 Å². The van der Waals surface area contributed by atoms with Crippen molar-refractivity contribution in [1.29, 1.82) is 10.5 Å². The van der Waals surface area contributed by atoms with Gasteiger partial charge in [0.25, 0.3) is 5.91 Å². The van der Waals surface area contributed by atoms with E-state index in [1.165, 1.54) is 6.08 Å². The van der Waals surface area contributed by atoms with Gasteiger partial charge in [0.1, 0.15) is 23.5 Å². The summed E-state index contributed by atoms with van der Waals surface area (Å²) in [6.07, 6.45) is 1.33. The molecule has 0 aliphatic rings. The molecule has 0 saturated heterocycles. The molecule has 5 heteroatoms. The van der Waals surface area contributed by atoms with Crippen LogP contribution in [0, 0.1) is 22.7 Å². The summed E-state index contributed by atoms with van der Waals surface area (Å²) in [5.74, 6) is -0.384. The minimum atomic E-state index is -0.803. The third-order valence-corrected chi connectivity index (χ3v) is 1.90. The third-order valence-electron chi connectivity index (χ3n) is 1.90. The van der Waals surface area contributed by atoms with E-state index in [1.54, 1.807) is 30.3 Å². The SMILES string of the molecule is N#CCOc1ccccc1C=C(C#N)C(N)=O. The molecule has 0 atom stereocenters. The number of carbonyl (C=O) groups excluding carboxylic acids is 1. The molecular weight excluding hydrogens is 218 g/mol. The van der Waals surface area contributed by atoms with Crippen molar-refractivity contribution in [3.05, 3.63) is 35.4 Å². The number of nitriles is 2. The fourth-order valence-electron chi connectivity index (χ4n) is 1.16. The van der Waals surface area contributed by atoms with E-state index in [-0.39, 0.29) is 12.2 Å². The fourth-order valence-corrected chi connectivity index (χ4v) is 1.16. The monoisotopic (exact) mass is 227 g/mol. The summed E-state index contributed by atoms with van der Waals surface area (Å²) in [6, 6.07) is 10.3. The number of benzene rings is 1. The smallest absolute Gasteiger partial charge is 0.259 e. The van der Waals surface area contributed by atoms with Crippen LogP contribution in [0.15, 0.2) is 29.8 Å². The van der Waals surface area contributed by atoms with Gasteiger partial charge in [-0.1, -0.05) is 18.2 Å². The standard InChI is InChI=1S/C12H9N3O2/c13-5-6-17-11-4-2-1-3-9(11)7-10(8-14)12(15)16/h1-4,7H,6H2,(H2,15,16). The minimum Gasteiger partial charge on any atom is -0.478 e. The second-order valence-corrected chi connectivity index (χ2v) is 3.02. The van der Waals surface area contributed by atoms with Gasteiger partial charge in [0.15, 0.2) is 6.61 Å². The van der Waals surface area contributed by atoms with Crippen molar-refractivity contribution in [1.82, 2.24) is 0 Å². The van der Waals surface area contributed by atoms with Crippen LogP contribution in [0.3, 0.4) is 0 Å². The maximum atomic E-state index is 10.9. The maximum absolute atomic E-state index is 10.9. The van der Waals surface area contributed by atoms with Gasteiger partial charge in [-0.05, 0) is 12.1 Å². The van der Waals surface area contributed by atoms with Gasteiger partial charge < -0.3 is 10.5 Å². The second kappa shape index (κ2) is 5.94. The maximum Gasteiger partial charge on any atom is 0.259 e. The number of rotatable bonds is 4. The molecule has 0 aliphatic carbocycles. The molecule has 2 N–H and O–H groups in total. The second-order valence-electron chi connectivity index (χ2n) is 3.02. The summed E-state index contributed by atoms with van der Waals surface area (Å²) < 4.78 is 5.14. The van der Waals surface area contributed by atoms with Crippen LogP contribution in [0.4, 0.5) is 0 Å². The largest absolute Gasteiger partial charge is 0.478 e. The number of carbonyl (C=O) groups is 1. The molecule has 0 unspecified atom stereocenters. The Bertz CT molecular complexity index is 535. The first-order valence-electron chi connectivity index (χ1n) is 4.69. The Hall–Kier alpha value is -2.79. The number of amides is 1. The van der Waals surface area contributed by atoms with Crippen LogP contribution in [-0.2, 0) is 4.79 Å². The zero-order valence-corrected chi connectivity index (χ0v) is 8.88. The molecule has 1 rings (SSSR count). The first-order valence-corrected chi connectivity index (χ1v) is 4.69. The Morgan fingerprint density at radius 3 is 2.71 bits per heavy atom. The summed E-state index contributed by atoms with van der Waals surface area (Å²) in [5.41, 5.74) is 5.38. The molecule has 1 aromatic rings. The summed E-state index contributed by atoms with van der Waals surface area (Å²) in [4.78, 5) is 10.9. The van der Waals surface area contributed by atoms with Gasteiger partial charge in [-0.25, -0.2) is 0 Å². The molecule has 0 bridgehead atoms. The predicted octanol–water partition coefficient (Wildman–Crippen LogP) is 0.981. The third kappa shape index (κ3) is 3.37. The first-order chi connectivity index (χ1) is 8.19. The topological polar surface area (TPSA) is 99.9 Å². The molecule has 0 radical (unpaired) electrons. The van der Waals surface area contributed by atoms with Crippen LogP contribution in [-0.4, -0.2) is 12.5 Å². The van der Waals surface area contributed by atoms with Gasteiger partial charge in [0, 0.05) is 5.56 Å². The number of nitrogens with two attached hydrogens (primary N) is 1. The average molecular weight is 227 g/mol. The average Bonchev–Trinajstić information content (AvgIpc) is 2.34. The van der Waals surface area contributed by atoms with Crippen LogP contribution in [0.2, 0.25) is 0 Å². The Morgan fingerprint density at radius 1 is 1.41 bits per heavy atom. The lowest BCUT2D eigenvalue weighted by molar-refractivity contribution is -0.114. The van der Waals surface area contributed by atoms with E-state index in [2.05, 4.69) is 0 Å². The predicted molar refractivity (Wildman–Crippen MR) is 60.3 cm³/mol. The highest BCUT2D eigenvalue weighted by atomic mass is 16.5. The lowest BCUT2D eigenvalue weighted by atomic mass is 10.1. The zero-order valence-electron chi connectivity index (χ0n) is 8.88. The molecule has 0 fully saturated rings. The van der Waals surface area contributed by atoms with E-state index < -0.39 is 5.91 Å². The van der Waals surface area contributed by atoms with Gasteiger partial charge in [0.2, 0.25) is 0 Å². The van der Waals surface area contributed by atoms with E-state index in [4.69, 9.17) is 21.0 Å². The highest BCUT2D eigenvalue weighted by Gasteiger charge is 2.06. The Labute approximate surface area is 98.3 Å². The number of ether oxygens (including phenoxy) is 1. The Balaban J connectivity index is 3.10. The number of primary amides is 1. The highest BCUT2D eigenvalue weighted by Crippen LogP contribution is 2.20. The van der Waals surface area contributed by atoms with Crippen LogP contribution in [0.5, 0.6) is 5.75 Å². The summed E-state index contributed by atoms with van der Waals surface area (Å²) in [7, 11) is 0. The van der Waals surface area contributed by atoms with E-state index in [0.717, 1.165) is 0 Å². The summed E-state index contributed by atoms with van der Waals surface area (Å²) in [6.45, 7) is -0.108. The van der Waals surface area contributed by atoms with Crippen LogP contribution in [0.1, 0.15) is 5.56 Å². The van der Waals surface area contributed by atoms with Crippen molar-refractivity contribution in [3.8, 4) is 17.9 Å². The van der Waals surface area contributed by atoms with Gasteiger partial charge in [-0.3, -0.25) is 4.79 Å². The van der Waals surface area contributed by atoms with E-state index in [9.17, 15) is 4.79 Å². The molecule has 1 amide bonds. The molecule has 0 spiro atoms. The molecule has 84 valence electrons. The lowest BCUT2D eigenvalue weighted by Gasteiger charge is -2.05. The number of hydrogen-bond donors (Lipinski definition) is 1. The molecule has 0 saturated carbocycles. The normalized spacial score (nSPS) is 10.1. The van der Waals surface area contributed by atoms with Crippen molar-refractivity contribution in [2.24, 2.45) is 5.73 Å². The molecule has 0 heterocycles. The number of hydrogen-bond acceptors (Lipinski definition) is 4. The summed E-state index contributed by atoms with van der Waals surface area (Å²) in [5, 5.41) is 17.1. The van der Waals surface area contributed by atoms with Gasteiger partial charge >= 0.3 is 0 Å². The van der Waals surface area contributed by atoms with Gasteiger partial charge in [-0.15, -0.1) is 0 Å². The lowest BCUT2D eigenvalue weighted by Crippen LogP contribution is -2.12. The number of para-hydroxylation sites is 1. The molecular formula is C12H9N3O2.